The number of pyridine rings is 2. The van der Waals surface area contributed by atoms with Gasteiger partial charge in [-0.05, 0) is 66.6 Å². The summed E-state index contributed by atoms with van der Waals surface area (Å²) in [5.74, 6) is 0.455. The summed E-state index contributed by atoms with van der Waals surface area (Å²) in [4.78, 5) is 21.4. The number of carbonyl (C=O) groups is 1. The van der Waals surface area contributed by atoms with Crippen molar-refractivity contribution in [2.24, 2.45) is 0 Å². The van der Waals surface area contributed by atoms with Crippen LogP contribution < -0.4 is 20.1 Å². The number of aromatic nitrogens is 2. The third kappa shape index (κ3) is 6.09. The zero-order valence-electron chi connectivity index (χ0n) is 19.3. The van der Waals surface area contributed by atoms with Crippen LogP contribution >= 0.6 is 0 Å². The first-order chi connectivity index (χ1) is 17.2. The average molecular weight is 494 g/mol. The Morgan fingerprint density at radius 3 is 2.56 bits per heavy atom. The molecule has 0 bridgehead atoms. The van der Waals surface area contributed by atoms with Crippen LogP contribution in [0.15, 0.2) is 79.1 Å². The second-order valence-electron chi connectivity index (χ2n) is 7.65. The first kappa shape index (κ1) is 24.5. The summed E-state index contributed by atoms with van der Waals surface area (Å²) in [6, 6.07) is 17.2. The SMILES string of the molecule is CNc1cc(-c2cccnc2Oc2cc(C(=O)Nc3cccc(OC(F)(F)F)c3)ccc2C)ccn1. The van der Waals surface area contributed by atoms with Crippen molar-refractivity contribution < 1.29 is 27.4 Å². The van der Waals surface area contributed by atoms with Crippen LogP contribution in [-0.2, 0) is 0 Å². The van der Waals surface area contributed by atoms with Gasteiger partial charge in [-0.2, -0.15) is 0 Å². The van der Waals surface area contributed by atoms with Gasteiger partial charge in [0.05, 0.1) is 0 Å². The minimum atomic E-state index is -4.83. The van der Waals surface area contributed by atoms with E-state index in [9.17, 15) is 18.0 Å². The molecule has 0 aliphatic rings. The summed E-state index contributed by atoms with van der Waals surface area (Å²) in [7, 11) is 1.77. The molecule has 0 unspecified atom stereocenters. The summed E-state index contributed by atoms with van der Waals surface area (Å²) in [6.07, 6.45) is -1.56. The van der Waals surface area contributed by atoms with Crippen molar-refractivity contribution in [3.63, 3.8) is 0 Å². The second-order valence-corrected chi connectivity index (χ2v) is 7.65. The lowest BCUT2D eigenvalue weighted by Crippen LogP contribution is -2.17. The van der Waals surface area contributed by atoms with Crippen LogP contribution in [-0.4, -0.2) is 29.3 Å². The molecule has 0 aliphatic heterocycles. The fourth-order valence-electron chi connectivity index (χ4n) is 3.36. The molecule has 0 atom stereocenters. The van der Waals surface area contributed by atoms with Crippen molar-refractivity contribution in [1.29, 1.82) is 0 Å². The molecule has 4 rings (SSSR count). The highest BCUT2D eigenvalue weighted by Crippen LogP contribution is 2.34. The molecule has 0 saturated heterocycles. The number of ether oxygens (including phenoxy) is 2. The van der Waals surface area contributed by atoms with E-state index in [-0.39, 0.29) is 11.3 Å². The maximum atomic E-state index is 12.8. The van der Waals surface area contributed by atoms with Gasteiger partial charge in [-0.1, -0.05) is 12.1 Å². The summed E-state index contributed by atoms with van der Waals surface area (Å²) in [5.41, 5.74) is 2.72. The summed E-state index contributed by atoms with van der Waals surface area (Å²) in [6.45, 7) is 1.82. The molecule has 2 N–H and O–H groups in total. The molecule has 7 nitrogen and oxygen atoms in total. The van der Waals surface area contributed by atoms with Crippen molar-refractivity contribution >= 4 is 17.4 Å². The number of hydrogen-bond acceptors (Lipinski definition) is 6. The first-order valence-corrected chi connectivity index (χ1v) is 10.8. The highest BCUT2D eigenvalue weighted by Gasteiger charge is 2.31. The lowest BCUT2D eigenvalue weighted by Gasteiger charge is -2.14. The van der Waals surface area contributed by atoms with Gasteiger partial charge in [0.25, 0.3) is 5.91 Å². The van der Waals surface area contributed by atoms with Crippen molar-refractivity contribution in [3.05, 3.63) is 90.3 Å². The Bertz CT molecular complexity index is 1390. The van der Waals surface area contributed by atoms with Gasteiger partial charge in [-0.25, -0.2) is 9.97 Å². The number of carbonyl (C=O) groups excluding carboxylic acids is 1. The number of nitrogens with one attached hydrogen (secondary N) is 2. The zero-order valence-corrected chi connectivity index (χ0v) is 19.3. The molecule has 0 fully saturated rings. The number of hydrogen-bond donors (Lipinski definition) is 2. The number of rotatable bonds is 7. The van der Waals surface area contributed by atoms with Gasteiger partial charge in [0.2, 0.25) is 5.88 Å². The molecule has 1 amide bonds. The highest BCUT2D eigenvalue weighted by atomic mass is 19.4. The Kier molecular flexibility index (Phi) is 7.05. The van der Waals surface area contributed by atoms with E-state index in [1.165, 1.54) is 12.1 Å². The Hall–Kier alpha value is -4.60. The average Bonchev–Trinajstić information content (AvgIpc) is 2.85. The number of nitrogens with zero attached hydrogens (tertiary/aromatic N) is 2. The van der Waals surface area contributed by atoms with Crippen LogP contribution in [0.5, 0.6) is 17.4 Å². The van der Waals surface area contributed by atoms with E-state index >= 15 is 0 Å². The smallest absolute Gasteiger partial charge is 0.438 e. The molecule has 0 radical (unpaired) electrons. The lowest BCUT2D eigenvalue weighted by molar-refractivity contribution is -0.274. The maximum absolute atomic E-state index is 12.8. The van der Waals surface area contributed by atoms with E-state index in [1.807, 2.05) is 25.1 Å². The van der Waals surface area contributed by atoms with Crippen LogP contribution in [0.4, 0.5) is 24.7 Å². The summed E-state index contributed by atoms with van der Waals surface area (Å²) < 4.78 is 47.5. The minimum Gasteiger partial charge on any atom is -0.438 e. The minimum absolute atomic E-state index is 0.148. The molecule has 0 saturated carbocycles. The van der Waals surface area contributed by atoms with E-state index in [0.717, 1.165) is 28.8 Å². The quantitative estimate of drug-likeness (QED) is 0.308. The van der Waals surface area contributed by atoms with Crippen LogP contribution in [0.2, 0.25) is 0 Å². The van der Waals surface area contributed by atoms with Crippen molar-refractivity contribution in [2.75, 3.05) is 17.7 Å². The number of benzene rings is 2. The number of anilines is 2. The van der Waals surface area contributed by atoms with E-state index in [2.05, 4.69) is 25.3 Å². The maximum Gasteiger partial charge on any atom is 0.573 e. The molecule has 4 aromatic rings. The van der Waals surface area contributed by atoms with Gasteiger partial charge in [0.1, 0.15) is 17.3 Å². The molecule has 184 valence electrons. The van der Waals surface area contributed by atoms with Crippen LogP contribution in [0.25, 0.3) is 11.1 Å². The lowest BCUT2D eigenvalue weighted by atomic mass is 10.1. The Balaban J connectivity index is 1.57. The van der Waals surface area contributed by atoms with Gasteiger partial charge in [0.15, 0.2) is 0 Å². The van der Waals surface area contributed by atoms with Gasteiger partial charge >= 0.3 is 6.36 Å². The van der Waals surface area contributed by atoms with E-state index in [4.69, 9.17) is 4.74 Å². The van der Waals surface area contributed by atoms with E-state index in [0.29, 0.717) is 17.4 Å². The largest absolute Gasteiger partial charge is 0.573 e. The van der Waals surface area contributed by atoms with E-state index in [1.54, 1.807) is 43.7 Å². The Labute approximate surface area is 204 Å². The van der Waals surface area contributed by atoms with Crippen molar-refractivity contribution in [3.8, 4) is 28.5 Å². The molecule has 36 heavy (non-hydrogen) atoms. The van der Waals surface area contributed by atoms with Gasteiger partial charge in [-0.15, -0.1) is 13.2 Å². The van der Waals surface area contributed by atoms with E-state index < -0.39 is 18.0 Å². The number of halogens is 3. The number of alkyl halides is 3. The fourth-order valence-corrected chi connectivity index (χ4v) is 3.36. The first-order valence-electron chi connectivity index (χ1n) is 10.8. The normalized spacial score (nSPS) is 11.0. The molecular formula is C26H21F3N4O3. The van der Waals surface area contributed by atoms with Crippen molar-refractivity contribution in [2.45, 2.75) is 13.3 Å². The third-order valence-electron chi connectivity index (χ3n) is 5.08. The highest BCUT2D eigenvalue weighted by molar-refractivity contribution is 6.04. The molecular weight excluding hydrogens is 473 g/mol. The predicted octanol–water partition coefficient (Wildman–Crippen LogP) is 6.44. The van der Waals surface area contributed by atoms with Crippen LogP contribution in [0, 0.1) is 6.92 Å². The zero-order chi connectivity index (χ0) is 25.7. The number of aryl methyl sites for hydroxylation is 1. The monoisotopic (exact) mass is 494 g/mol. The molecule has 2 aromatic heterocycles. The molecule has 2 heterocycles. The van der Waals surface area contributed by atoms with Crippen LogP contribution in [0.3, 0.4) is 0 Å². The summed E-state index contributed by atoms with van der Waals surface area (Å²) in [5, 5.41) is 5.56. The van der Waals surface area contributed by atoms with Gasteiger partial charge < -0.3 is 20.1 Å². The standard InChI is InChI=1S/C26H21F3N4O3/c1-16-8-9-18(24(34)33-19-5-3-6-20(15-19)36-26(27,28)29)13-22(16)35-25-21(7-4-11-32-25)17-10-12-31-23(14-17)30-2/h3-15H,1-2H3,(H,30,31)(H,33,34). The predicted molar refractivity (Wildman–Crippen MR) is 129 cm³/mol. The molecule has 10 heteroatoms. The molecule has 0 aliphatic carbocycles. The van der Waals surface area contributed by atoms with Gasteiger partial charge in [0, 0.05) is 42.3 Å². The van der Waals surface area contributed by atoms with Gasteiger partial charge in [-0.3, -0.25) is 4.79 Å². The number of amides is 1. The van der Waals surface area contributed by atoms with Crippen molar-refractivity contribution in [1.82, 2.24) is 9.97 Å². The van der Waals surface area contributed by atoms with Crippen LogP contribution in [0.1, 0.15) is 15.9 Å². The Morgan fingerprint density at radius 1 is 0.944 bits per heavy atom. The third-order valence-corrected chi connectivity index (χ3v) is 5.08. The second kappa shape index (κ2) is 10.3. The fraction of sp³-hybridized carbons (Fsp3) is 0.115. The Morgan fingerprint density at radius 2 is 1.78 bits per heavy atom. The summed E-state index contributed by atoms with van der Waals surface area (Å²) >= 11 is 0. The molecule has 2 aromatic carbocycles. The molecule has 0 spiro atoms. The topological polar surface area (TPSA) is 85.4 Å².